The first kappa shape index (κ1) is 13.8. The summed E-state index contributed by atoms with van der Waals surface area (Å²) in [6.07, 6.45) is 3.65. The molecule has 0 unspecified atom stereocenters. The minimum Gasteiger partial charge on any atom is -0.508 e. The van der Waals surface area contributed by atoms with Gasteiger partial charge in [-0.2, -0.15) is 0 Å². The van der Waals surface area contributed by atoms with E-state index in [2.05, 4.69) is 0 Å². The summed E-state index contributed by atoms with van der Waals surface area (Å²) in [6, 6.07) is 9.97. The van der Waals surface area contributed by atoms with E-state index in [1.165, 1.54) is 6.07 Å². The van der Waals surface area contributed by atoms with Crippen molar-refractivity contribution in [3.05, 3.63) is 47.5 Å². The van der Waals surface area contributed by atoms with Crippen molar-refractivity contribution >= 4 is 12.2 Å². The van der Waals surface area contributed by atoms with Gasteiger partial charge in [0.15, 0.2) is 11.5 Å². The van der Waals surface area contributed by atoms with Crippen LogP contribution in [0.25, 0.3) is 12.2 Å². The predicted octanol–water partition coefficient (Wildman–Crippen LogP) is 3.29. The Morgan fingerprint density at radius 2 is 1.35 bits per heavy atom. The molecule has 0 atom stereocenters. The van der Waals surface area contributed by atoms with Crippen molar-refractivity contribution in [1.82, 2.24) is 0 Å². The van der Waals surface area contributed by atoms with E-state index >= 15 is 0 Å². The zero-order valence-corrected chi connectivity index (χ0v) is 11.3. The monoisotopic (exact) mass is 272 g/mol. The fourth-order valence-electron chi connectivity index (χ4n) is 1.86. The van der Waals surface area contributed by atoms with Crippen LogP contribution in [-0.4, -0.2) is 24.4 Å². The number of hydrogen-bond acceptors (Lipinski definition) is 4. The van der Waals surface area contributed by atoms with E-state index < -0.39 is 0 Å². The molecule has 0 radical (unpaired) electrons. The third-order valence-corrected chi connectivity index (χ3v) is 2.80. The molecule has 0 bridgehead atoms. The highest BCUT2D eigenvalue weighted by atomic mass is 16.5. The Hall–Kier alpha value is -2.62. The second-order valence-electron chi connectivity index (χ2n) is 4.23. The van der Waals surface area contributed by atoms with Crippen LogP contribution in [0.1, 0.15) is 11.1 Å². The van der Waals surface area contributed by atoms with Crippen molar-refractivity contribution in [2.75, 3.05) is 14.2 Å². The first-order chi connectivity index (χ1) is 9.62. The standard InChI is InChI=1S/C16H16O4/c1-19-15-6-5-11(9-16(15)20-2)3-4-12-7-13(17)10-14(18)8-12/h3-10,17-18H,1-2H3/b4-3+. The van der Waals surface area contributed by atoms with Crippen molar-refractivity contribution in [3.63, 3.8) is 0 Å². The lowest BCUT2D eigenvalue weighted by Gasteiger charge is -2.07. The molecule has 0 amide bonds. The van der Waals surface area contributed by atoms with Gasteiger partial charge in [-0.15, -0.1) is 0 Å². The summed E-state index contributed by atoms with van der Waals surface area (Å²) >= 11 is 0. The molecule has 0 saturated heterocycles. The van der Waals surface area contributed by atoms with Crippen LogP contribution in [0.2, 0.25) is 0 Å². The number of phenols is 2. The lowest BCUT2D eigenvalue weighted by molar-refractivity contribution is 0.355. The fraction of sp³-hybridized carbons (Fsp3) is 0.125. The van der Waals surface area contributed by atoms with Crippen LogP contribution in [0.15, 0.2) is 36.4 Å². The predicted molar refractivity (Wildman–Crippen MR) is 78.2 cm³/mol. The van der Waals surface area contributed by atoms with Gasteiger partial charge in [-0.05, 0) is 35.4 Å². The zero-order chi connectivity index (χ0) is 14.5. The quantitative estimate of drug-likeness (QED) is 0.838. The molecule has 4 nitrogen and oxygen atoms in total. The van der Waals surface area contributed by atoms with E-state index in [9.17, 15) is 10.2 Å². The number of phenolic OH excluding ortho intramolecular Hbond substituents is 2. The minimum absolute atomic E-state index is 0.0250. The summed E-state index contributed by atoms with van der Waals surface area (Å²) in [6.45, 7) is 0. The van der Waals surface area contributed by atoms with Gasteiger partial charge < -0.3 is 19.7 Å². The molecule has 0 fully saturated rings. The van der Waals surface area contributed by atoms with E-state index in [1.54, 1.807) is 32.4 Å². The highest BCUT2D eigenvalue weighted by Gasteiger charge is 2.02. The van der Waals surface area contributed by atoms with Gasteiger partial charge in [-0.25, -0.2) is 0 Å². The molecule has 0 aromatic heterocycles. The van der Waals surface area contributed by atoms with Gasteiger partial charge in [0.2, 0.25) is 0 Å². The molecule has 0 heterocycles. The number of benzene rings is 2. The normalized spacial score (nSPS) is 10.7. The van der Waals surface area contributed by atoms with Gasteiger partial charge in [-0.3, -0.25) is 0 Å². The molecular formula is C16H16O4. The highest BCUT2D eigenvalue weighted by Crippen LogP contribution is 2.28. The molecule has 104 valence electrons. The average molecular weight is 272 g/mol. The van der Waals surface area contributed by atoms with Gasteiger partial charge in [-0.1, -0.05) is 18.2 Å². The molecule has 0 aliphatic heterocycles. The van der Waals surface area contributed by atoms with Crippen LogP contribution in [0.5, 0.6) is 23.0 Å². The van der Waals surface area contributed by atoms with Crippen molar-refractivity contribution in [2.24, 2.45) is 0 Å². The van der Waals surface area contributed by atoms with Crippen LogP contribution in [0, 0.1) is 0 Å². The van der Waals surface area contributed by atoms with E-state index in [0.29, 0.717) is 17.1 Å². The number of methoxy groups -OCH3 is 2. The lowest BCUT2D eigenvalue weighted by Crippen LogP contribution is -1.90. The van der Waals surface area contributed by atoms with Crippen molar-refractivity contribution < 1.29 is 19.7 Å². The fourth-order valence-corrected chi connectivity index (χ4v) is 1.86. The average Bonchev–Trinajstić information content (AvgIpc) is 2.43. The molecule has 0 spiro atoms. The number of rotatable bonds is 4. The number of ether oxygens (including phenoxy) is 2. The molecule has 0 saturated carbocycles. The highest BCUT2D eigenvalue weighted by molar-refractivity contribution is 5.72. The molecule has 20 heavy (non-hydrogen) atoms. The minimum atomic E-state index is 0.0250. The van der Waals surface area contributed by atoms with Crippen LogP contribution < -0.4 is 9.47 Å². The van der Waals surface area contributed by atoms with Crippen molar-refractivity contribution in [1.29, 1.82) is 0 Å². The van der Waals surface area contributed by atoms with Gasteiger partial charge in [0.25, 0.3) is 0 Å². The lowest BCUT2D eigenvalue weighted by atomic mass is 10.1. The van der Waals surface area contributed by atoms with Gasteiger partial charge in [0.1, 0.15) is 11.5 Å². The maximum atomic E-state index is 9.41. The van der Waals surface area contributed by atoms with E-state index in [4.69, 9.17) is 9.47 Å². The van der Waals surface area contributed by atoms with Crippen LogP contribution in [0.3, 0.4) is 0 Å². The van der Waals surface area contributed by atoms with E-state index in [1.807, 2.05) is 24.3 Å². The summed E-state index contributed by atoms with van der Waals surface area (Å²) in [4.78, 5) is 0. The molecule has 2 aromatic carbocycles. The Kier molecular flexibility index (Phi) is 4.15. The number of hydrogen-bond donors (Lipinski definition) is 2. The van der Waals surface area contributed by atoms with Crippen LogP contribution in [-0.2, 0) is 0 Å². The second kappa shape index (κ2) is 6.02. The second-order valence-corrected chi connectivity index (χ2v) is 4.23. The van der Waals surface area contributed by atoms with Gasteiger partial charge >= 0.3 is 0 Å². The van der Waals surface area contributed by atoms with E-state index in [-0.39, 0.29) is 11.5 Å². The van der Waals surface area contributed by atoms with Gasteiger partial charge in [0.05, 0.1) is 14.2 Å². The number of aromatic hydroxyl groups is 2. The first-order valence-corrected chi connectivity index (χ1v) is 6.05. The molecule has 4 heteroatoms. The summed E-state index contributed by atoms with van der Waals surface area (Å²) in [5.74, 6) is 1.36. The molecule has 0 aliphatic carbocycles. The summed E-state index contributed by atoms with van der Waals surface area (Å²) in [7, 11) is 3.17. The molecule has 2 aromatic rings. The summed E-state index contributed by atoms with van der Waals surface area (Å²) in [5, 5.41) is 18.8. The Morgan fingerprint density at radius 1 is 0.750 bits per heavy atom. The topological polar surface area (TPSA) is 58.9 Å². The summed E-state index contributed by atoms with van der Waals surface area (Å²) < 4.78 is 10.4. The van der Waals surface area contributed by atoms with Crippen molar-refractivity contribution in [3.8, 4) is 23.0 Å². The van der Waals surface area contributed by atoms with Crippen LogP contribution in [0.4, 0.5) is 0 Å². The van der Waals surface area contributed by atoms with E-state index in [0.717, 1.165) is 5.56 Å². The Labute approximate surface area is 117 Å². The maximum absolute atomic E-state index is 9.41. The molecule has 2 N–H and O–H groups in total. The Bertz CT molecular complexity index is 612. The van der Waals surface area contributed by atoms with Crippen LogP contribution >= 0.6 is 0 Å². The first-order valence-electron chi connectivity index (χ1n) is 6.05. The smallest absolute Gasteiger partial charge is 0.161 e. The largest absolute Gasteiger partial charge is 0.508 e. The molecular weight excluding hydrogens is 256 g/mol. The zero-order valence-electron chi connectivity index (χ0n) is 11.3. The third kappa shape index (κ3) is 3.23. The molecule has 0 aliphatic rings. The Morgan fingerprint density at radius 3 is 1.95 bits per heavy atom. The SMILES string of the molecule is COc1ccc(/C=C/c2cc(O)cc(O)c2)cc1OC. The van der Waals surface area contributed by atoms with Crippen molar-refractivity contribution in [2.45, 2.75) is 0 Å². The third-order valence-electron chi connectivity index (χ3n) is 2.80. The molecule has 2 rings (SSSR count). The summed E-state index contributed by atoms with van der Waals surface area (Å²) in [5.41, 5.74) is 1.63. The van der Waals surface area contributed by atoms with Gasteiger partial charge in [0, 0.05) is 6.07 Å². The Balaban J connectivity index is 2.27. The maximum Gasteiger partial charge on any atom is 0.161 e.